The average Bonchev–Trinajstić information content (AvgIpc) is 2.57. The van der Waals surface area contributed by atoms with E-state index in [1.54, 1.807) is 37.3 Å². The molecule has 0 radical (unpaired) electrons. The minimum Gasteiger partial charge on any atom is -0.376 e. The Bertz CT molecular complexity index is 931. The number of amides is 1. The summed E-state index contributed by atoms with van der Waals surface area (Å²) in [6, 6.07) is 9.66. The Morgan fingerprint density at radius 1 is 1.12 bits per heavy atom. The van der Waals surface area contributed by atoms with Crippen molar-refractivity contribution in [3.05, 3.63) is 52.0 Å². The molecule has 0 fully saturated rings. The van der Waals surface area contributed by atoms with Gasteiger partial charge in [0.2, 0.25) is 15.9 Å². The third-order valence-corrected chi connectivity index (χ3v) is 6.12. The first-order valence-corrected chi connectivity index (χ1v) is 9.83. The molecule has 0 unspecified atom stereocenters. The number of hydrogen-bond acceptors (Lipinski definition) is 4. The van der Waals surface area contributed by atoms with E-state index in [4.69, 9.17) is 23.2 Å². The van der Waals surface area contributed by atoms with Crippen molar-refractivity contribution < 1.29 is 13.2 Å². The van der Waals surface area contributed by atoms with Crippen molar-refractivity contribution >= 4 is 50.5 Å². The van der Waals surface area contributed by atoms with Crippen LogP contribution in [0.1, 0.15) is 5.56 Å². The molecule has 0 aliphatic carbocycles. The third kappa shape index (κ3) is 4.88. The molecule has 0 heterocycles. The first-order valence-electron chi connectivity index (χ1n) is 7.63. The summed E-state index contributed by atoms with van der Waals surface area (Å²) in [5.74, 6) is -0.341. The van der Waals surface area contributed by atoms with E-state index >= 15 is 0 Å². The zero-order valence-electron chi connectivity index (χ0n) is 14.5. The normalized spacial score (nSPS) is 11.5. The van der Waals surface area contributed by atoms with Gasteiger partial charge in [-0.15, -0.1) is 0 Å². The first-order chi connectivity index (χ1) is 12.1. The van der Waals surface area contributed by atoms with Crippen molar-refractivity contribution in [1.82, 2.24) is 4.31 Å². The van der Waals surface area contributed by atoms with Crippen molar-refractivity contribution in [3.8, 4) is 0 Å². The van der Waals surface area contributed by atoms with E-state index in [2.05, 4.69) is 10.6 Å². The number of benzene rings is 2. The van der Waals surface area contributed by atoms with E-state index in [1.165, 1.54) is 20.2 Å². The van der Waals surface area contributed by atoms with Gasteiger partial charge >= 0.3 is 0 Å². The fraction of sp³-hybridized carbons (Fsp3) is 0.235. The van der Waals surface area contributed by atoms with Crippen molar-refractivity contribution in [2.45, 2.75) is 11.8 Å². The molecule has 1 amide bonds. The van der Waals surface area contributed by atoms with Crippen molar-refractivity contribution in [3.63, 3.8) is 0 Å². The first kappa shape index (κ1) is 20.5. The van der Waals surface area contributed by atoms with Gasteiger partial charge in [-0.1, -0.05) is 29.3 Å². The fourth-order valence-electron chi connectivity index (χ4n) is 2.15. The number of nitrogens with zero attached hydrogens (tertiary/aromatic N) is 1. The van der Waals surface area contributed by atoms with Gasteiger partial charge in [0, 0.05) is 24.8 Å². The Morgan fingerprint density at radius 2 is 1.81 bits per heavy atom. The Kier molecular flexibility index (Phi) is 6.52. The van der Waals surface area contributed by atoms with E-state index in [9.17, 15) is 13.2 Å². The molecular formula is C17H19Cl2N3O3S. The lowest BCUT2D eigenvalue weighted by Crippen LogP contribution is -2.24. The maximum Gasteiger partial charge on any atom is 0.243 e. The second-order valence-corrected chi connectivity index (χ2v) is 8.76. The van der Waals surface area contributed by atoms with Gasteiger partial charge in [0.15, 0.2) is 0 Å². The van der Waals surface area contributed by atoms with Gasteiger partial charge in [-0.2, -0.15) is 0 Å². The van der Waals surface area contributed by atoms with Crippen molar-refractivity contribution in [2.75, 3.05) is 31.3 Å². The van der Waals surface area contributed by atoms with Gasteiger partial charge in [-0.05, 0) is 42.8 Å². The molecule has 2 N–H and O–H groups in total. The zero-order valence-corrected chi connectivity index (χ0v) is 16.8. The number of nitrogens with one attached hydrogen (secondary N) is 2. The molecule has 0 saturated carbocycles. The quantitative estimate of drug-likeness (QED) is 0.754. The number of anilines is 2. The monoisotopic (exact) mass is 415 g/mol. The predicted molar refractivity (Wildman–Crippen MR) is 106 cm³/mol. The number of halogens is 2. The van der Waals surface area contributed by atoms with Crippen molar-refractivity contribution in [1.29, 1.82) is 0 Å². The predicted octanol–water partition coefficient (Wildman–Crippen LogP) is 3.60. The van der Waals surface area contributed by atoms with Crippen LogP contribution in [0.4, 0.5) is 11.4 Å². The maximum absolute atomic E-state index is 12.3. The molecule has 2 aromatic rings. The number of rotatable bonds is 6. The topological polar surface area (TPSA) is 78.5 Å². The van der Waals surface area contributed by atoms with E-state index in [-0.39, 0.29) is 17.3 Å². The van der Waals surface area contributed by atoms with E-state index < -0.39 is 10.0 Å². The summed E-state index contributed by atoms with van der Waals surface area (Å²) in [5.41, 5.74) is 1.55. The number of hydrogen-bond donors (Lipinski definition) is 2. The number of carbonyl (C=O) groups excluding carboxylic acids is 1. The molecule has 9 heteroatoms. The smallest absolute Gasteiger partial charge is 0.243 e. The molecule has 0 atom stereocenters. The summed E-state index contributed by atoms with van der Waals surface area (Å²) >= 11 is 11.9. The van der Waals surface area contributed by atoms with Gasteiger partial charge in [0.25, 0.3) is 0 Å². The van der Waals surface area contributed by atoms with Gasteiger partial charge in [-0.25, -0.2) is 12.7 Å². The SMILES string of the molecule is Cc1ccc(NCC(=O)Nc2cc(Cl)ccc2Cl)cc1S(=O)(=O)N(C)C. The minimum atomic E-state index is -3.57. The Balaban J connectivity index is 2.10. The van der Waals surface area contributed by atoms with Crippen LogP contribution in [0.25, 0.3) is 0 Å². The molecule has 0 bridgehead atoms. The van der Waals surface area contributed by atoms with Crippen LogP contribution < -0.4 is 10.6 Å². The molecule has 0 aliphatic heterocycles. The van der Waals surface area contributed by atoms with Gasteiger partial charge < -0.3 is 10.6 Å². The fourth-order valence-corrected chi connectivity index (χ4v) is 3.64. The van der Waals surface area contributed by atoms with Crippen LogP contribution in [0.15, 0.2) is 41.3 Å². The van der Waals surface area contributed by atoms with Crippen LogP contribution in [0.3, 0.4) is 0 Å². The van der Waals surface area contributed by atoms with E-state index in [0.717, 1.165) is 4.31 Å². The van der Waals surface area contributed by atoms with Gasteiger partial charge in [0.1, 0.15) is 0 Å². The lowest BCUT2D eigenvalue weighted by atomic mass is 10.2. The van der Waals surface area contributed by atoms with Crippen LogP contribution in [-0.4, -0.2) is 39.3 Å². The Labute approximate surface area is 163 Å². The second-order valence-electron chi connectivity index (χ2n) is 5.79. The lowest BCUT2D eigenvalue weighted by Gasteiger charge is -2.15. The lowest BCUT2D eigenvalue weighted by molar-refractivity contribution is -0.114. The number of carbonyl (C=O) groups is 1. The highest BCUT2D eigenvalue weighted by atomic mass is 35.5. The third-order valence-electron chi connectivity index (χ3n) is 3.60. The Morgan fingerprint density at radius 3 is 2.46 bits per heavy atom. The van der Waals surface area contributed by atoms with Gasteiger partial charge in [0.05, 0.1) is 22.2 Å². The number of aryl methyl sites for hydroxylation is 1. The standard InChI is InChI=1S/C17H19Cl2N3O3S/c1-11-4-6-13(9-16(11)26(24,25)22(2)3)20-10-17(23)21-15-8-12(18)5-7-14(15)19/h4-9,20H,10H2,1-3H3,(H,21,23). The molecule has 26 heavy (non-hydrogen) atoms. The second kappa shape index (κ2) is 8.26. The zero-order chi connectivity index (χ0) is 19.5. The molecule has 0 aliphatic rings. The largest absolute Gasteiger partial charge is 0.376 e. The van der Waals surface area contributed by atoms with Gasteiger partial charge in [-0.3, -0.25) is 4.79 Å². The molecule has 2 rings (SSSR count). The van der Waals surface area contributed by atoms with E-state index in [1.807, 2.05) is 0 Å². The molecule has 0 saturated heterocycles. The summed E-state index contributed by atoms with van der Waals surface area (Å²) in [4.78, 5) is 12.3. The highest BCUT2D eigenvalue weighted by Crippen LogP contribution is 2.25. The minimum absolute atomic E-state index is 0.0621. The van der Waals surface area contributed by atoms with E-state index in [0.29, 0.717) is 27.0 Å². The summed E-state index contributed by atoms with van der Waals surface area (Å²) in [5, 5.41) is 6.38. The van der Waals surface area contributed by atoms with Crippen LogP contribution in [0.2, 0.25) is 10.0 Å². The summed E-state index contributed by atoms with van der Waals surface area (Å²) in [6.07, 6.45) is 0. The molecule has 0 aromatic heterocycles. The van der Waals surface area contributed by atoms with Crippen LogP contribution >= 0.6 is 23.2 Å². The molecule has 2 aromatic carbocycles. The molecule has 0 spiro atoms. The summed E-state index contributed by atoms with van der Waals surface area (Å²) in [7, 11) is -0.628. The average molecular weight is 416 g/mol. The molecular weight excluding hydrogens is 397 g/mol. The maximum atomic E-state index is 12.3. The van der Waals surface area contributed by atoms with Crippen LogP contribution in [-0.2, 0) is 14.8 Å². The van der Waals surface area contributed by atoms with Crippen LogP contribution in [0, 0.1) is 6.92 Å². The summed E-state index contributed by atoms with van der Waals surface area (Å²) < 4.78 is 25.8. The molecule has 6 nitrogen and oxygen atoms in total. The number of sulfonamides is 1. The summed E-state index contributed by atoms with van der Waals surface area (Å²) in [6.45, 7) is 1.65. The molecule has 140 valence electrons. The Hall–Kier alpha value is -1.80. The highest BCUT2D eigenvalue weighted by Gasteiger charge is 2.20. The van der Waals surface area contributed by atoms with Crippen molar-refractivity contribution in [2.24, 2.45) is 0 Å². The van der Waals surface area contributed by atoms with Crippen LogP contribution in [0.5, 0.6) is 0 Å². The highest BCUT2D eigenvalue weighted by molar-refractivity contribution is 7.89.